The van der Waals surface area contributed by atoms with E-state index in [1.807, 2.05) is 17.0 Å². The van der Waals surface area contributed by atoms with Gasteiger partial charge in [-0.1, -0.05) is 18.6 Å². The Labute approximate surface area is 164 Å². The fourth-order valence-electron chi connectivity index (χ4n) is 4.64. The van der Waals surface area contributed by atoms with Crippen molar-refractivity contribution in [2.45, 2.75) is 44.7 Å². The van der Waals surface area contributed by atoms with Crippen LogP contribution in [0.2, 0.25) is 0 Å². The average Bonchev–Trinajstić information content (AvgIpc) is 3.27. The Morgan fingerprint density at radius 3 is 2.75 bits per heavy atom. The first kappa shape index (κ1) is 18.9. The van der Waals surface area contributed by atoms with Crippen LogP contribution in [-0.4, -0.2) is 53.5 Å². The summed E-state index contributed by atoms with van der Waals surface area (Å²) in [4.78, 5) is 38.2. The van der Waals surface area contributed by atoms with Crippen molar-refractivity contribution >= 4 is 17.8 Å². The summed E-state index contributed by atoms with van der Waals surface area (Å²) < 4.78 is 0. The second-order valence-electron chi connectivity index (χ2n) is 8.44. The average molecular weight is 385 g/mol. The predicted octanol–water partition coefficient (Wildman–Crippen LogP) is 1.38. The third-order valence-corrected chi connectivity index (χ3v) is 6.33. The number of amides is 2. The number of carbonyl (C=O) groups excluding carboxylic acids is 2. The van der Waals surface area contributed by atoms with Gasteiger partial charge in [-0.15, -0.1) is 0 Å². The van der Waals surface area contributed by atoms with Crippen LogP contribution in [0.1, 0.15) is 48.0 Å². The monoisotopic (exact) mass is 385 g/mol. The number of nitrogens with zero attached hydrogens (tertiary/aromatic N) is 1. The lowest BCUT2D eigenvalue weighted by molar-refractivity contribution is -0.149. The molecular formula is C21H27N3O4. The summed E-state index contributed by atoms with van der Waals surface area (Å²) in [5.74, 6) is -0.759. The van der Waals surface area contributed by atoms with Gasteiger partial charge in [-0.25, -0.2) is 0 Å². The molecule has 2 amide bonds. The van der Waals surface area contributed by atoms with Crippen LogP contribution in [0.4, 0.5) is 0 Å². The van der Waals surface area contributed by atoms with E-state index in [4.69, 9.17) is 0 Å². The summed E-state index contributed by atoms with van der Waals surface area (Å²) in [6, 6.07) is 7.59. The Morgan fingerprint density at radius 2 is 2.04 bits per heavy atom. The van der Waals surface area contributed by atoms with Gasteiger partial charge in [0.25, 0.3) is 5.91 Å². The van der Waals surface area contributed by atoms with Gasteiger partial charge in [0.05, 0.1) is 12.0 Å². The van der Waals surface area contributed by atoms with Crippen LogP contribution in [0.15, 0.2) is 24.3 Å². The molecule has 1 aromatic rings. The van der Waals surface area contributed by atoms with E-state index in [1.165, 1.54) is 0 Å². The van der Waals surface area contributed by atoms with Gasteiger partial charge in [-0.3, -0.25) is 19.3 Å². The van der Waals surface area contributed by atoms with Crippen LogP contribution in [-0.2, 0) is 16.1 Å². The van der Waals surface area contributed by atoms with E-state index in [0.29, 0.717) is 37.7 Å². The maximum atomic E-state index is 12.4. The molecule has 3 fully saturated rings. The Bertz CT molecular complexity index is 792. The van der Waals surface area contributed by atoms with E-state index in [9.17, 15) is 19.5 Å². The van der Waals surface area contributed by atoms with E-state index >= 15 is 0 Å². The minimum absolute atomic E-state index is 0.0711. The van der Waals surface area contributed by atoms with Gasteiger partial charge in [0.2, 0.25) is 5.91 Å². The topological polar surface area (TPSA) is 98.7 Å². The third kappa shape index (κ3) is 3.90. The van der Waals surface area contributed by atoms with Gasteiger partial charge >= 0.3 is 5.97 Å². The Kier molecular flexibility index (Phi) is 5.10. The summed E-state index contributed by atoms with van der Waals surface area (Å²) in [5.41, 5.74) is 0.815. The van der Waals surface area contributed by atoms with Gasteiger partial charge in [-0.05, 0) is 49.3 Å². The van der Waals surface area contributed by atoms with Crippen LogP contribution >= 0.6 is 0 Å². The SMILES string of the molecule is O=C(CN1C[C@@H]2CCC[C@@]2(C(=O)O)C1)NCc1cccc(C(=O)NC2CC2)c1. The van der Waals surface area contributed by atoms with Crippen molar-refractivity contribution in [1.82, 2.24) is 15.5 Å². The summed E-state index contributed by atoms with van der Waals surface area (Å²) in [7, 11) is 0. The second kappa shape index (κ2) is 7.54. The highest BCUT2D eigenvalue weighted by atomic mass is 16.4. The first-order valence-corrected chi connectivity index (χ1v) is 10.1. The number of carboxylic acids is 1. The predicted molar refractivity (Wildman–Crippen MR) is 103 cm³/mol. The molecule has 0 spiro atoms. The Hall–Kier alpha value is -2.41. The maximum absolute atomic E-state index is 12.4. The molecule has 1 saturated heterocycles. The van der Waals surface area contributed by atoms with Crippen molar-refractivity contribution in [3.63, 3.8) is 0 Å². The molecule has 0 unspecified atom stereocenters. The van der Waals surface area contributed by atoms with Crippen LogP contribution < -0.4 is 10.6 Å². The molecule has 7 heteroatoms. The molecule has 3 N–H and O–H groups in total. The fourth-order valence-corrected chi connectivity index (χ4v) is 4.64. The minimum Gasteiger partial charge on any atom is -0.481 e. The van der Waals surface area contributed by atoms with Crippen LogP contribution in [0.3, 0.4) is 0 Å². The number of fused-ring (bicyclic) bond motifs is 1. The highest BCUT2D eigenvalue weighted by molar-refractivity contribution is 5.94. The normalized spacial score (nSPS) is 26.6. The molecule has 0 radical (unpaired) electrons. The Balaban J connectivity index is 1.28. The molecule has 2 saturated carbocycles. The number of likely N-dealkylation sites (tertiary alicyclic amines) is 1. The number of hydrogen-bond acceptors (Lipinski definition) is 4. The molecule has 7 nitrogen and oxygen atoms in total. The van der Waals surface area contributed by atoms with E-state index < -0.39 is 11.4 Å². The Morgan fingerprint density at radius 1 is 1.21 bits per heavy atom. The van der Waals surface area contributed by atoms with Crippen molar-refractivity contribution in [2.75, 3.05) is 19.6 Å². The van der Waals surface area contributed by atoms with Gasteiger partial charge in [-0.2, -0.15) is 0 Å². The minimum atomic E-state index is -0.723. The number of nitrogens with one attached hydrogen (secondary N) is 2. The lowest BCUT2D eigenvalue weighted by Crippen LogP contribution is -2.39. The number of hydrogen-bond donors (Lipinski definition) is 3. The van der Waals surface area contributed by atoms with E-state index in [1.54, 1.807) is 12.1 Å². The van der Waals surface area contributed by atoms with Crippen molar-refractivity contribution in [3.05, 3.63) is 35.4 Å². The van der Waals surface area contributed by atoms with Gasteiger partial charge < -0.3 is 15.7 Å². The molecule has 2 atom stereocenters. The smallest absolute Gasteiger partial charge is 0.311 e. The first-order chi connectivity index (χ1) is 13.5. The standard InChI is InChI=1S/C21H27N3O4/c25-18(12-24-11-16-5-2-8-21(16,13-24)20(27)28)22-10-14-3-1-4-15(9-14)19(26)23-17-6-7-17/h1,3-4,9,16-17H,2,5-8,10-13H2,(H,22,25)(H,23,26)(H,27,28)/t16-,21+/m0/s1. The van der Waals surface area contributed by atoms with Crippen molar-refractivity contribution in [2.24, 2.45) is 11.3 Å². The summed E-state index contributed by atoms with van der Waals surface area (Å²) >= 11 is 0. The molecule has 28 heavy (non-hydrogen) atoms. The lowest BCUT2D eigenvalue weighted by Gasteiger charge is -2.23. The van der Waals surface area contributed by atoms with Gasteiger partial charge in [0, 0.05) is 31.2 Å². The zero-order valence-electron chi connectivity index (χ0n) is 15.9. The van der Waals surface area contributed by atoms with Crippen molar-refractivity contribution < 1.29 is 19.5 Å². The fraction of sp³-hybridized carbons (Fsp3) is 0.571. The maximum Gasteiger partial charge on any atom is 0.311 e. The summed E-state index contributed by atoms with van der Waals surface area (Å²) in [6.07, 6.45) is 4.69. The second-order valence-corrected chi connectivity index (χ2v) is 8.44. The van der Waals surface area contributed by atoms with Crippen molar-refractivity contribution in [3.8, 4) is 0 Å². The van der Waals surface area contributed by atoms with E-state index in [2.05, 4.69) is 10.6 Å². The van der Waals surface area contributed by atoms with E-state index in [0.717, 1.165) is 31.2 Å². The van der Waals surface area contributed by atoms with Crippen LogP contribution in [0, 0.1) is 11.3 Å². The third-order valence-electron chi connectivity index (χ3n) is 6.33. The largest absolute Gasteiger partial charge is 0.481 e. The number of carboxylic acid groups (broad SMARTS) is 1. The molecule has 4 rings (SSSR count). The van der Waals surface area contributed by atoms with Gasteiger partial charge in [0.1, 0.15) is 0 Å². The molecule has 1 aliphatic heterocycles. The molecule has 0 bridgehead atoms. The lowest BCUT2D eigenvalue weighted by atomic mass is 9.81. The molecule has 3 aliphatic rings. The number of aliphatic carboxylic acids is 1. The molecule has 1 heterocycles. The number of benzene rings is 1. The molecule has 0 aromatic heterocycles. The van der Waals surface area contributed by atoms with Crippen LogP contribution in [0.25, 0.3) is 0 Å². The molecule has 150 valence electrons. The number of rotatable bonds is 7. The van der Waals surface area contributed by atoms with Crippen LogP contribution in [0.5, 0.6) is 0 Å². The summed E-state index contributed by atoms with van der Waals surface area (Å²) in [6.45, 7) is 1.70. The zero-order chi connectivity index (χ0) is 19.7. The molecule has 2 aliphatic carbocycles. The molecular weight excluding hydrogens is 358 g/mol. The highest BCUT2D eigenvalue weighted by Crippen LogP contribution is 2.48. The highest BCUT2D eigenvalue weighted by Gasteiger charge is 2.54. The van der Waals surface area contributed by atoms with Crippen molar-refractivity contribution in [1.29, 1.82) is 0 Å². The quantitative estimate of drug-likeness (QED) is 0.659. The molecule has 1 aromatic carbocycles. The van der Waals surface area contributed by atoms with E-state index in [-0.39, 0.29) is 24.3 Å². The number of carbonyl (C=O) groups is 3. The zero-order valence-corrected chi connectivity index (χ0v) is 15.9. The summed E-state index contributed by atoms with van der Waals surface area (Å²) in [5, 5.41) is 15.5. The first-order valence-electron chi connectivity index (χ1n) is 10.1. The van der Waals surface area contributed by atoms with Gasteiger partial charge in [0.15, 0.2) is 0 Å².